The molecule has 0 saturated carbocycles. The van der Waals surface area contributed by atoms with Gasteiger partial charge in [0.25, 0.3) is 0 Å². The highest BCUT2D eigenvalue weighted by atomic mass is 16.4. The molecule has 0 fully saturated rings. The number of aliphatic hydroxyl groups is 2. The molecule has 0 radical (unpaired) electrons. The molecule has 0 rings (SSSR count). The van der Waals surface area contributed by atoms with Crippen molar-refractivity contribution in [1.29, 1.82) is 0 Å². The Balaban J connectivity index is 4.58. The Labute approximate surface area is 105 Å². The minimum atomic E-state index is -1.59. The van der Waals surface area contributed by atoms with Crippen LogP contribution in [0.4, 0.5) is 0 Å². The number of aliphatic carboxylic acids is 2. The summed E-state index contributed by atoms with van der Waals surface area (Å²) in [6, 6.07) is 0. The quantitative estimate of drug-likeness (QED) is 0.354. The van der Waals surface area contributed by atoms with Gasteiger partial charge in [-0.3, -0.25) is 0 Å². The third-order valence-corrected chi connectivity index (χ3v) is 2.26. The van der Waals surface area contributed by atoms with Crippen molar-refractivity contribution in [3.05, 3.63) is 24.3 Å². The van der Waals surface area contributed by atoms with Crippen LogP contribution in [0.1, 0.15) is 25.7 Å². The first-order chi connectivity index (χ1) is 8.39. The fraction of sp³-hybridized carbons (Fsp3) is 0.500. The molecule has 102 valence electrons. The Bertz CT molecular complexity index is 307. The molecule has 0 heterocycles. The molecule has 0 aromatic heterocycles. The number of carboxylic acid groups (broad SMARTS) is 2. The molecule has 18 heavy (non-hydrogen) atoms. The summed E-state index contributed by atoms with van der Waals surface area (Å²) in [5.74, 6) is -2.43. The van der Waals surface area contributed by atoms with Crippen molar-refractivity contribution in [2.45, 2.75) is 31.3 Å². The lowest BCUT2D eigenvalue weighted by Crippen LogP contribution is -2.23. The molecule has 0 aromatic rings. The van der Waals surface area contributed by atoms with E-state index >= 15 is 0 Å². The van der Waals surface area contributed by atoms with Gasteiger partial charge in [-0.15, -0.1) is 0 Å². The third-order valence-electron chi connectivity index (χ3n) is 2.26. The number of aliphatic hydroxyl groups excluding tert-OH is 1. The van der Waals surface area contributed by atoms with Crippen LogP contribution in [-0.2, 0) is 9.59 Å². The second-order valence-electron chi connectivity index (χ2n) is 3.87. The van der Waals surface area contributed by atoms with Crippen molar-refractivity contribution in [3.63, 3.8) is 0 Å². The van der Waals surface area contributed by atoms with E-state index in [-0.39, 0.29) is 13.0 Å². The molecule has 0 aliphatic carbocycles. The van der Waals surface area contributed by atoms with E-state index in [0.29, 0.717) is 19.3 Å². The summed E-state index contributed by atoms with van der Waals surface area (Å²) in [7, 11) is 0. The second-order valence-corrected chi connectivity index (χ2v) is 3.87. The lowest BCUT2D eigenvalue weighted by molar-refractivity contribution is -0.132. The van der Waals surface area contributed by atoms with Crippen LogP contribution in [0.5, 0.6) is 0 Å². The molecule has 6 heteroatoms. The summed E-state index contributed by atoms with van der Waals surface area (Å²) in [6.07, 6.45) is 5.64. The van der Waals surface area contributed by atoms with Crippen LogP contribution in [0, 0.1) is 0 Å². The Morgan fingerprint density at radius 1 is 0.944 bits per heavy atom. The van der Waals surface area contributed by atoms with Gasteiger partial charge in [0.1, 0.15) is 5.60 Å². The molecule has 0 saturated heterocycles. The first-order valence-electron chi connectivity index (χ1n) is 5.57. The number of hydrogen-bond acceptors (Lipinski definition) is 4. The highest BCUT2D eigenvalue weighted by molar-refractivity contribution is 5.81. The van der Waals surface area contributed by atoms with Gasteiger partial charge in [0.05, 0.1) is 0 Å². The van der Waals surface area contributed by atoms with Crippen molar-refractivity contribution in [2.75, 3.05) is 6.61 Å². The Morgan fingerprint density at radius 2 is 1.44 bits per heavy atom. The zero-order chi connectivity index (χ0) is 14.0. The van der Waals surface area contributed by atoms with Crippen LogP contribution in [-0.4, -0.2) is 44.6 Å². The number of rotatable bonds is 9. The molecule has 0 aromatic carbocycles. The minimum Gasteiger partial charge on any atom is -0.478 e. The van der Waals surface area contributed by atoms with Crippen LogP contribution >= 0.6 is 0 Å². The maximum Gasteiger partial charge on any atom is 0.328 e. The number of carbonyl (C=O) groups is 2. The van der Waals surface area contributed by atoms with E-state index in [1.165, 1.54) is 0 Å². The number of hydrogen-bond donors (Lipinski definition) is 4. The van der Waals surface area contributed by atoms with Gasteiger partial charge in [-0.1, -0.05) is 6.42 Å². The first kappa shape index (κ1) is 16.3. The van der Waals surface area contributed by atoms with Gasteiger partial charge in [0.15, 0.2) is 0 Å². The van der Waals surface area contributed by atoms with Crippen LogP contribution in [0.2, 0.25) is 0 Å². The molecular weight excluding hydrogens is 240 g/mol. The molecule has 0 atom stereocenters. The van der Waals surface area contributed by atoms with Crippen molar-refractivity contribution in [2.24, 2.45) is 0 Å². The molecule has 0 amide bonds. The van der Waals surface area contributed by atoms with E-state index < -0.39 is 17.5 Å². The Hall–Kier alpha value is -1.66. The summed E-state index contributed by atoms with van der Waals surface area (Å²) in [5.41, 5.74) is -1.59. The zero-order valence-corrected chi connectivity index (χ0v) is 9.95. The number of carboxylic acids is 2. The van der Waals surface area contributed by atoms with E-state index in [0.717, 1.165) is 24.3 Å². The summed E-state index contributed by atoms with van der Waals surface area (Å²) in [4.78, 5) is 20.8. The fourth-order valence-electron chi connectivity index (χ4n) is 1.35. The summed E-state index contributed by atoms with van der Waals surface area (Å²) in [6.45, 7) is 0.0500. The number of unbranched alkanes of at least 4 members (excludes halogenated alkanes) is 2. The monoisotopic (exact) mass is 258 g/mol. The van der Waals surface area contributed by atoms with Crippen LogP contribution in [0.25, 0.3) is 0 Å². The summed E-state index contributed by atoms with van der Waals surface area (Å²) in [5, 5.41) is 35.6. The third kappa shape index (κ3) is 8.49. The fourth-order valence-corrected chi connectivity index (χ4v) is 1.35. The normalized spacial score (nSPS) is 15.0. The highest BCUT2D eigenvalue weighted by Crippen LogP contribution is 2.18. The predicted octanol–water partition coefficient (Wildman–Crippen LogP) is 0.552. The van der Waals surface area contributed by atoms with Gasteiger partial charge in [-0.2, -0.15) is 0 Å². The topological polar surface area (TPSA) is 115 Å². The maximum atomic E-state index is 10.4. The average Bonchev–Trinajstić information content (AvgIpc) is 2.30. The average molecular weight is 258 g/mol. The van der Waals surface area contributed by atoms with Crippen molar-refractivity contribution < 1.29 is 30.0 Å². The molecule has 4 N–H and O–H groups in total. The molecule has 0 unspecified atom stereocenters. The van der Waals surface area contributed by atoms with Gasteiger partial charge in [-0.05, 0) is 31.4 Å². The van der Waals surface area contributed by atoms with Crippen molar-refractivity contribution in [3.8, 4) is 0 Å². The SMILES string of the molecule is O=C(O)C=CC(O)(C=CC(=O)O)CCCCCO. The Morgan fingerprint density at radius 3 is 1.83 bits per heavy atom. The highest BCUT2D eigenvalue weighted by Gasteiger charge is 2.20. The van der Waals surface area contributed by atoms with Gasteiger partial charge in [-0.25, -0.2) is 9.59 Å². The molecular formula is C12H18O6. The van der Waals surface area contributed by atoms with Crippen LogP contribution in [0.3, 0.4) is 0 Å². The van der Waals surface area contributed by atoms with Gasteiger partial charge >= 0.3 is 11.9 Å². The largest absolute Gasteiger partial charge is 0.478 e. The first-order valence-corrected chi connectivity index (χ1v) is 5.57. The zero-order valence-electron chi connectivity index (χ0n) is 9.95. The smallest absolute Gasteiger partial charge is 0.328 e. The van der Waals surface area contributed by atoms with Gasteiger partial charge in [0.2, 0.25) is 0 Å². The standard InChI is InChI=1S/C12H18O6/c13-9-3-1-2-6-12(18,7-4-10(14)15)8-5-11(16)17/h4-5,7-8,13,18H,1-3,6,9H2,(H,14,15)(H,16,17). The van der Waals surface area contributed by atoms with Crippen LogP contribution < -0.4 is 0 Å². The van der Waals surface area contributed by atoms with E-state index in [9.17, 15) is 14.7 Å². The molecule has 6 nitrogen and oxygen atoms in total. The Kier molecular flexibility index (Phi) is 7.66. The van der Waals surface area contributed by atoms with E-state index in [2.05, 4.69) is 0 Å². The van der Waals surface area contributed by atoms with Crippen molar-refractivity contribution >= 4 is 11.9 Å². The second kappa shape index (κ2) is 8.43. The summed E-state index contributed by atoms with van der Waals surface area (Å²) < 4.78 is 0. The lowest BCUT2D eigenvalue weighted by Gasteiger charge is -2.19. The molecule has 0 bridgehead atoms. The lowest BCUT2D eigenvalue weighted by atomic mass is 9.95. The molecule has 0 aliphatic rings. The minimum absolute atomic E-state index is 0.0500. The van der Waals surface area contributed by atoms with Gasteiger partial charge < -0.3 is 20.4 Å². The maximum absolute atomic E-state index is 10.4. The van der Waals surface area contributed by atoms with E-state index in [4.69, 9.17) is 15.3 Å². The van der Waals surface area contributed by atoms with Crippen molar-refractivity contribution in [1.82, 2.24) is 0 Å². The predicted molar refractivity (Wildman–Crippen MR) is 64.1 cm³/mol. The molecule has 0 spiro atoms. The summed E-state index contributed by atoms with van der Waals surface area (Å²) >= 11 is 0. The van der Waals surface area contributed by atoms with E-state index in [1.54, 1.807) is 0 Å². The van der Waals surface area contributed by atoms with Crippen LogP contribution in [0.15, 0.2) is 24.3 Å². The molecule has 0 aliphatic heterocycles. The van der Waals surface area contributed by atoms with E-state index in [1.807, 2.05) is 0 Å². The van der Waals surface area contributed by atoms with Gasteiger partial charge in [0, 0.05) is 18.8 Å².